The highest BCUT2D eigenvalue weighted by Crippen LogP contribution is 2.21. The van der Waals surface area contributed by atoms with Crippen LogP contribution in [0.2, 0.25) is 0 Å². The zero-order chi connectivity index (χ0) is 20.4. The van der Waals surface area contributed by atoms with Gasteiger partial charge in [-0.15, -0.1) is 0 Å². The molecule has 0 saturated carbocycles. The Morgan fingerprint density at radius 2 is 2.03 bits per heavy atom. The van der Waals surface area contributed by atoms with Crippen LogP contribution in [0.4, 0.5) is 0 Å². The molecule has 0 aliphatic carbocycles. The summed E-state index contributed by atoms with van der Waals surface area (Å²) < 4.78 is 12.0. The van der Waals surface area contributed by atoms with E-state index in [1.54, 1.807) is 29.3 Å². The minimum Gasteiger partial charge on any atom is -0.459 e. The molecule has 1 aliphatic heterocycles. The van der Waals surface area contributed by atoms with Gasteiger partial charge in [-0.2, -0.15) is 0 Å². The number of esters is 1. The normalized spacial score (nSPS) is 14.9. The van der Waals surface area contributed by atoms with Crippen LogP contribution in [0.25, 0.3) is 5.65 Å². The highest BCUT2D eigenvalue weighted by molar-refractivity contribution is 5.91. The second kappa shape index (κ2) is 7.90. The van der Waals surface area contributed by atoms with Gasteiger partial charge < -0.3 is 14.1 Å². The maximum atomic E-state index is 12.4. The zero-order valence-electron chi connectivity index (χ0n) is 16.0. The van der Waals surface area contributed by atoms with E-state index in [0.717, 1.165) is 5.56 Å². The number of hydrogen-bond acceptors (Lipinski definition) is 6. The lowest BCUT2D eigenvalue weighted by Crippen LogP contribution is -2.40. The molecule has 0 spiro atoms. The average Bonchev–Trinajstić information content (AvgIpc) is 3.26. The van der Waals surface area contributed by atoms with Gasteiger partial charge in [-0.3, -0.25) is 18.8 Å². The van der Waals surface area contributed by atoms with Gasteiger partial charge in [-0.1, -0.05) is 0 Å². The highest BCUT2D eigenvalue weighted by Gasteiger charge is 2.29. The lowest BCUT2D eigenvalue weighted by molar-refractivity contribution is -0.151. The van der Waals surface area contributed by atoms with Crippen molar-refractivity contribution in [3.63, 3.8) is 0 Å². The van der Waals surface area contributed by atoms with E-state index in [2.05, 4.69) is 4.98 Å². The Bertz CT molecular complexity index is 1100. The van der Waals surface area contributed by atoms with Crippen LogP contribution in [0, 0.1) is 12.8 Å². The molecule has 0 atom stereocenters. The summed E-state index contributed by atoms with van der Waals surface area (Å²) in [5.41, 5.74) is 1.71. The van der Waals surface area contributed by atoms with Crippen molar-refractivity contribution < 1.29 is 18.7 Å². The van der Waals surface area contributed by atoms with Crippen LogP contribution in [-0.2, 0) is 16.1 Å². The van der Waals surface area contributed by atoms with Crippen molar-refractivity contribution in [2.24, 2.45) is 5.92 Å². The molecule has 8 nitrogen and oxygen atoms in total. The summed E-state index contributed by atoms with van der Waals surface area (Å²) >= 11 is 0. The van der Waals surface area contributed by atoms with Crippen molar-refractivity contribution in [2.45, 2.75) is 26.4 Å². The molecule has 4 rings (SSSR count). The predicted octanol–water partition coefficient (Wildman–Crippen LogP) is 2.19. The minimum absolute atomic E-state index is 0.0515. The van der Waals surface area contributed by atoms with E-state index >= 15 is 0 Å². The summed E-state index contributed by atoms with van der Waals surface area (Å²) in [5, 5.41) is 0. The van der Waals surface area contributed by atoms with E-state index in [1.807, 2.05) is 13.0 Å². The third kappa shape index (κ3) is 4.06. The van der Waals surface area contributed by atoms with Crippen molar-refractivity contribution in [3.05, 3.63) is 70.2 Å². The van der Waals surface area contributed by atoms with Gasteiger partial charge in [0.2, 0.25) is 0 Å². The van der Waals surface area contributed by atoms with Crippen LogP contribution in [-0.4, -0.2) is 39.3 Å². The number of pyridine rings is 1. The van der Waals surface area contributed by atoms with Gasteiger partial charge in [0.25, 0.3) is 11.5 Å². The molecule has 8 heteroatoms. The van der Waals surface area contributed by atoms with Crippen molar-refractivity contribution in [2.75, 3.05) is 13.1 Å². The van der Waals surface area contributed by atoms with E-state index < -0.39 is 0 Å². The molecule has 1 fully saturated rings. The Morgan fingerprint density at radius 3 is 2.76 bits per heavy atom. The molecule has 1 amide bonds. The Kier molecular flexibility index (Phi) is 5.16. The fourth-order valence-electron chi connectivity index (χ4n) is 3.46. The topological polar surface area (TPSA) is 94.1 Å². The molecule has 0 radical (unpaired) electrons. The molecule has 3 aromatic rings. The monoisotopic (exact) mass is 395 g/mol. The van der Waals surface area contributed by atoms with Gasteiger partial charge in [0.1, 0.15) is 12.3 Å². The molecule has 4 heterocycles. The number of fused-ring (bicyclic) bond motifs is 1. The first-order valence-electron chi connectivity index (χ1n) is 9.49. The molecule has 1 saturated heterocycles. The molecular formula is C21H21N3O5. The fraction of sp³-hybridized carbons (Fsp3) is 0.333. The van der Waals surface area contributed by atoms with Gasteiger partial charge in [0.15, 0.2) is 5.76 Å². The SMILES string of the molecule is Cc1ccn2c(=O)cc(COC(=O)C3CCN(C(=O)c4ccco4)CC3)nc2c1. The maximum absolute atomic E-state index is 12.4. The summed E-state index contributed by atoms with van der Waals surface area (Å²) in [7, 11) is 0. The standard InChI is InChI=1S/C21H21N3O5/c1-14-4-9-24-18(11-14)22-16(12-19(24)25)13-29-21(27)15-5-7-23(8-6-15)20(26)17-3-2-10-28-17/h2-4,9-12,15H,5-8,13H2,1H3. The smallest absolute Gasteiger partial charge is 0.309 e. The molecule has 3 aromatic heterocycles. The van der Waals surface area contributed by atoms with E-state index in [1.165, 1.54) is 16.7 Å². The summed E-state index contributed by atoms with van der Waals surface area (Å²) in [6.45, 7) is 2.80. The van der Waals surface area contributed by atoms with Crippen molar-refractivity contribution >= 4 is 17.5 Å². The fourth-order valence-corrected chi connectivity index (χ4v) is 3.46. The van der Waals surface area contributed by atoms with E-state index in [4.69, 9.17) is 9.15 Å². The molecular weight excluding hydrogens is 374 g/mol. The van der Waals surface area contributed by atoms with Gasteiger partial charge >= 0.3 is 5.97 Å². The lowest BCUT2D eigenvalue weighted by Gasteiger charge is -2.30. The van der Waals surface area contributed by atoms with E-state index in [-0.39, 0.29) is 30.0 Å². The number of furan rings is 1. The first-order valence-corrected chi connectivity index (χ1v) is 9.49. The summed E-state index contributed by atoms with van der Waals surface area (Å²) in [6, 6.07) is 8.31. The number of aromatic nitrogens is 2. The number of ether oxygens (including phenoxy) is 1. The molecule has 150 valence electrons. The molecule has 0 unspecified atom stereocenters. The number of amides is 1. The van der Waals surface area contributed by atoms with Crippen LogP contribution in [0.3, 0.4) is 0 Å². The van der Waals surface area contributed by atoms with E-state index in [0.29, 0.717) is 43.0 Å². The Morgan fingerprint density at radius 1 is 1.24 bits per heavy atom. The summed E-state index contributed by atoms with van der Waals surface area (Å²) in [4.78, 5) is 43.0. The predicted molar refractivity (Wildman–Crippen MR) is 103 cm³/mol. The van der Waals surface area contributed by atoms with Crippen molar-refractivity contribution in [3.8, 4) is 0 Å². The quantitative estimate of drug-likeness (QED) is 0.629. The van der Waals surface area contributed by atoms with Gasteiger partial charge in [0, 0.05) is 25.4 Å². The first kappa shape index (κ1) is 18.9. The zero-order valence-corrected chi connectivity index (χ0v) is 16.0. The number of nitrogens with zero attached hydrogens (tertiary/aromatic N) is 3. The molecule has 0 N–H and O–H groups in total. The highest BCUT2D eigenvalue weighted by atomic mass is 16.5. The summed E-state index contributed by atoms with van der Waals surface area (Å²) in [5.74, 6) is -0.478. The van der Waals surface area contributed by atoms with Crippen LogP contribution in [0.5, 0.6) is 0 Å². The number of piperidine rings is 1. The molecule has 0 aromatic carbocycles. The van der Waals surface area contributed by atoms with E-state index in [9.17, 15) is 14.4 Å². The van der Waals surface area contributed by atoms with Crippen LogP contribution < -0.4 is 5.56 Å². The van der Waals surface area contributed by atoms with Crippen molar-refractivity contribution in [1.29, 1.82) is 0 Å². The Balaban J connectivity index is 1.34. The van der Waals surface area contributed by atoms with Crippen LogP contribution >= 0.6 is 0 Å². The van der Waals surface area contributed by atoms with Gasteiger partial charge in [-0.25, -0.2) is 4.98 Å². The largest absolute Gasteiger partial charge is 0.459 e. The van der Waals surface area contributed by atoms with Gasteiger partial charge in [0.05, 0.1) is 17.9 Å². The minimum atomic E-state index is -0.332. The number of carbonyl (C=O) groups is 2. The first-order chi connectivity index (χ1) is 14.0. The number of likely N-dealkylation sites (tertiary alicyclic amines) is 1. The third-order valence-corrected chi connectivity index (χ3v) is 5.09. The second-order valence-electron chi connectivity index (χ2n) is 7.17. The average molecular weight is 395 g/mol. The molecule has 29 heavy (non-hydrogen) atoms. The summed E-state index contributed by atoms with van der Waals surface area (Å²) in [6.07, 6.45) is 4.19. The van der Waals surface area contributed by atoms with Gasteiger partial charge in [-0.05, 0) is 49.6 Å². The molecule has 0 bridgehead atoms. The Labute approximate surface area is 166 Å². The van der Waals surface area contributed by atoms with Crippen molar-refractivity contribution in [1.82, 2.24) is 14.3 Å². The number of rotatable bonds is 4. The maximum Gasteiger partial charge on any atom is 0.309 e. The van der Waals surface area contributed by atoms with Crippen LogP contribution in [0.15, 0.2) is 52.0 Å². The Hall–Kier alpha value is -3.42. The third-order valence-electron chi connectivity index (χ3n) is 5.09. The number of hydrogen-bond donors (Lipinski definition) is 0. The molecule has 1 aliphatic rings. The number of aryl methyl sites for hydroxylation is 1. The second-order valence-corrected chi connectivity index (χ2v) is 7.17. The lowest BCUT2D eigenvalue weighted by atomic mass is 9.97. The van der Waals surface area contributed by atoms with Crippen LogP contribution in [0.1, 0.15) is 34.7 Å². The number of carbonyl (C=O) groups excluding carboxylic acids is 2.